The Morgan fingerprint density at radius 2 is 1.93 bits per heavy atom. The first kappa shape index (κ1) is 9.76. The highest BCUT2D eigenvalue weighted by Crippen LogP contribution is 2.33. The average molecular weight is 209 g/mol. The molecule has 0 aromatic heterocycles. The number of carbonyl (C=O) groups excluding carboxylic acids is 1. The van der Waals surface area contributed by atoms with Crippen molar-refractivity contribution < 1.29 is 22.7 Å². The molecule has 80 valence electrons. The van der Waals surface area contributed by atoms with Gasteiger partial charge >= 0.3 is 12.1 Å². The van der Waals surface area contributed by atoms with Crippen LogP contribution in [0.2, 0.25) is 0 Å². The molecule has 2 bridgehead atoms. The molecule has 1 unspecified atom stereocenters. The average Bonchev–Trinajstić information content (AvgIpc) is 2.01. The summed E-state index contributed by atoms with van der Waals surface area (Å²) in [5.74, 6) is -1.48. The summed E-state index contributed by atoms with van der Waals surface area (Å²) in [6.07, 6.45) is -4.16. The Bertz CT molecular complexity index is 245. The number of rotatable bonds is 1. The van der Waals surface area contributed by atoms with E-state index >= 15 is 0 Å². The lowest BCUT2D eigenvalue weighted by Crippen LogP contribution is -2.58. The fourth-order valence-corrected chi connectivity index (χ4v) is 1.91. The third-order valence-corrected chi connectivity index (χ3v) is 2.69. The van der Waals surface area contributed by atoms with E-state index in [1.54, 1.807) is 4.90 Å². The molecule has 0 amide bonds. The van der Waals surface area contributed by atoms with Gasteiger partial charge < -0.3 is 4.74 Å². The molecule has 0 N–H and O–H groups in total. The Morgan fingerprint density at radius 1 is 1.29 bits per heavy atom. The largest absolute Gasteiger partial charge is 0.490 e. The summed E-state index contributed by atoms with van der Waals surface area (Å²) in [4.78, 5) is 12.3. The third-order valence-electron chi connectivity index (χ3n) is 2.69. The molecule has 0 radical (unpaired) electrons. The molecule has 0 aromatic carbocycles. The number of hydrogen-bond acceptors (Lipinski definition) is 3. The first-order valence-electron chi connectivity index (χ1n) is 4.48. The van der Waals surface area contributed by atoms with Crippen LogP contribution in [-0.2, 0) is 9.53 Å². The van der Waals surface area contributed by atoms with Crippen molar-refractivity contribution in [3.8, 4) is 0 Å². The van der Waals surface area contributed by atoms with Crippen molar-refractivity contribution in [3.63, 3.8) is 0 Å². The number of ether oxygens (including phenoxy) is 1. The van der Waals surface area contributed by atoms with E-state index < -0.39 is 18.4 Å². The van der Waals surface area contributed by atoms with Crippen molar-refractivity contribution >= 4 is 5.97 Å². The number of alkyl halides is 3. The second-order valence-corrected chi connectivity index (χ2v) is 3.75. The van der Waals surface area contributed by atoms with Crippen molar-refractivity contribution in [2.24, 2.45) is 5.92 Å². The number of hydrogen-bond donors (Lipinski definition) is 0. The van der Waals surface area contributed by atoms with Gasteiger partial charge in [0.2, 0.25) is 0 Å². The van der Waals surface area contributed by atoms with Gasteiger partial charge in [-0.3, -0.25) is 4.90 Å². The topological polar surface area (TPSA) is 29.5 Å². The van der Waals surface area contributed by atoms with Gasteiger partial charge in [-0.05, 0) is 18.8 Å². The normalized spacial score (nSPS) is 36.1. The second-order valence-electron chi connectivity index (χ2n) is 3.75. The van der Waals surface area contributed by atoms with E-state index in [-0.39, 0.29) is 0 Å². The highest BCUT2D eigenvalue weighted by Gasteiger charge is 2.46. The predicted molar refractivity (Wildman–Crippen MR) is 40.2 cm³/mol. The van der Waals surface area contributed by atoms with Crippen molar-refractivity contribution in [2.45, 2.75) is 25.2 Å². The summed E-state index contributed by atoms with van der Waals surface area (Å²) in [5, 5.41) is 0. The van der Waals surface area contributed by atoms with E-state index in [9.17, 15) is 18.0 Å². The zero-order chi connectivity index (χ0) is 10.3. The highest BCUT2D eigenvalue weighted by atomic mass is 19.4. The molecule has 3 heterocycles. The molecule has 0 aromatic rings. The van der Waals surface area contributed by atoms with E-state index in [1.165, 1.54) is 0 Å². The lowest BCUT2D eigenvalue weighted by atomic mass is 9.88. The number of esters is 1. The van der Waals surface area contributed by atoms with Gasteiger partial charge in [0, 0.05) is 13.1 Å². The molecule has 14 heavy (non-hydrogen) atoms. The van der Waals surface area contributed by atoms with Gasteiger partial charge in [-0.15, -0.1) is 0 Å². The lowest BCUT2D eigenvalue weighted by molar-refractivity contribution is -0.223. The minimum atomic E-state index is -4.87. The Hall–Kier alpha value is -0.780. The van der Waals surface area contributed by atoms with Gasteiger partial charge in [-0.25, -0.2) is 4.79 Å². The van der Waals surface area contributed by atoms with Gasteiger partial charge in [0.1, 0.15) is 0 Å². The van der Waals surface area contributed by atoms with Crippen LogP contribution in [-0.4, -0.2) is 36.4 Å². The minimum absolute atomic E-state index is 0.520. The third kappa shape index (κ3) is 1.70. The zero-order valence-corrected chi connectivity index (χ0v) is 7.38. The summed E-state index contributed by atoms with van der Waals surface area (Å²) in [7, 11) is 0. The van der Waals surface area contributed by atoms with Crippen molar-refractivity contribution in [1.29, 1.82) is 0 Å². The predicted octanol–water partition coefficient (Wildman–Crippen LogP) is 1.14. The quantitative estimate of drug-likeness (QED) is 0.606. The van der Waals surface area contributed by atoms with Gasteiger partial charge in [0.15, 0.2) is 6.23 Å². The van der Waals surface area contributed by atoms with Crippen LogP contribution in [0.5, 0.6) is 0 Å². The van der Waals surface area contributed by atoms with Crippen LogP contribution in [0.1, 0.15) is 12.8 Å². The van der Waals surface area contributed by atoms with Crippen molar-refractivity contribution in [3.05, 3.63) is 0 Å². The van der Waals surface area contributed by atoms with E-state index in [0.717, 1.165) is 19.5 Å². The van der Waals surface area contributed by atoms with Gasteiger partial charge in [-0.1, -0.05) is 0 Å². The molecule has 3 nitrogen and oxygen atoms in total. The van der Waals surface area contributed by atoms with Gasteiger partial charge in [0.05, 0.1) is 0 Å². The molecule has 0 aliphatic carbocycles. The van der Waals surface area contributed by atoms with Crippen LogP contribution in [0, 0.1) is 5.92 Å². The van der Waals surface area contributed by atoms with Crippen LogP contribution in [0.25, 0.3) is 0 Å². The summed E-state index contributed by atoms with van der Waals surface area (Å²) >= 11 is 0. The number of carbonyl (C=O) groups is 1. The Morgan fingerprint density at radius 3 is 2.36 bits per heavy atom. The van der Waals surface area contributed by atoms with E-state index in [0.29, 0.717) is 12.3 Å². The Labute approximate surface area is 78.8 Å². The molecule has 3 rings (SSSR count). The lowest BCUT2D eigenvalue weighted by Gasteiger charge is -2.48. The van der Waals surface area contributed by atoms with Crippen LogP contribution in [0.15, 0.2) is 0 Å². The summed E-state index contributed by atoms with van der Waals surface area (Å²) < 4.78 is 39.9. The van der Waals surface area contributed by atoms with Gasteiger partial charge in [-0.2, -0.15) is 13.2 Å². The second kappa shape index (κ2) is 3.12. The monoisotopic (exact) mass is 209 g/mol. The van der Waals surface area contributed by atoms with Crippen molar-refractivity contribution in [2.75, 3.05) is 13.1 Å². The maximum atomic E-state index is 11.9. The fraction of sp³-hybridized carbons (Fsp3) is 0.875. The first-order chi connectivity index (χ1) is 6.47. The molecular weight excluding hydrogens is 199 g/mol. The molecular formula is C8H10F3NO2. The molecule has 3 saturated heterocycles. The number of nitrogens with zero attached hydrogens (tertiary/aromatic N) is 1. The number of halogens is 3. The smallest absolute Gasteiger partial charge is 0.440 e. The van der Waals surface area contributed by atoms with Crippen LogP contribution in [0.4, 0.5) is 13.2 Å². The molecule has 3 aliphatic heterocycles. The Balaban J connectivity index is 1.88. The van der Waals surface area contributed by atoms with Crippen LogP contribution >= 0.6 is 0 Å². The fourth-order valence-electron chi connectivity index (χ4n) is 1.91. The first-order valence-corrected chi connectivity index (χ1v) is 4.48. The Kier molecular flexibility index (Phi) is 2.17. The number of piperidine rings is 2. The standard InChI is InChI=1S/C8H10F3NO2/c9-8(10,11)7(13)14-6-2-1-5-3-12(6)4-5/h5-6H,1-4H2. The zero-order valence-electron chi connectivity index (χ0n) is 7.38. The van der Waals surface area contributed by atoms with E-state index in [4.69, 9.17) is 0 Å². The van der Waals surface area contributed by atoms with Crippen molar-refractivity contribution in [1.82, 2.24) is 4.90 Å². The molecule has 0 saturated carbocycles. The summed E-state index contributed by atoms with van der Waals surface area (Å²) in [6.45, 7) is 1.52. The maximum Gasteiger partial charge on any atom is 0.490 e. The number of fused-ring (bicyclic) bond motifs is 2. The SMILES string of the molecule is O=C(OC1CCC2CN1C2)C(F)(F)F. The van der Waals surface area contributed by atoms with Crippen LogP contribution in [0.3, 0.4) is 0 Å². The molecule has 6 heteroatoms. The van der Waals surface area contributed by atoms with E-state index in [2.05, 4.69) is 4.74 Å². The summed E-state index contributed by atoms with van der Waals surface area (Å²) in [6, 6.07) is 0. The van der Waals surface area contributed by atoms with Gasteiger partial charge in [0.25, 0.3) is 0 Å². The van der Waals surface area contributed by atoms with E-state index in [1.807, 2.05) is 0 Å². The molecule has 1 atom stereocenters. The molecule has 3 aliphatic rings. The molecule has 3 fully saturated rings. The highest BCUT2D eigenvalue weighted by molar-refractivity contribution is 5.75. The van der Waals surface area contributed by atoms with Crippen LogP contribution < -0.4 is 0 Å². The summed E-state index contributed by atoms with van der Waals surface area (Å²) in [5.41, 5.74) is 0. The maximum absolute atomic E-state index is 11.9. The molecule has 0 spiro atoms. The minimum Gasteiger partial charge on any atom is -0.440 e.